The minimum Gasteiger partial charge on any atom is -0.504 e. The number of hydrogen-bond acceptors (Lipinski definition) is 6. The molecule has 7 rings (SSSR count). The molecule has 2 heterocycles. The van der Waals surface area contributed by atoms with Gasteiger partial charge in [-0.1, -0.05) is 42.3 Å². The van der Waals surface area contributed by atoms with Crippen LogP contribution in [-0.4, -0.2) is 65.1 Å². The van der Waals surface area contributed by atoms with Gasteiger partial charge in [-0.2, -0.15) is 0 Å². The van der Waals surface area contributed by atoms with Crippen molar-refractivity contribution in [3.8, 4) is 29.1 Å². The Kier molecular flexibility index (Phi) is 7.37. The van der Waals surface area contributed by atoms with E-state index in [1.54, 1.807) is 4.90 Å². The molecule has 0 aromatic heterocycles. The van der Waals surface area contributed by atoms with Gasteiger partial charge in [0.2, 0.25) is 0 Å². The molecule has 45 heavy (non-hydrogen) atoms. The van der Waals surface area contributed by atoms with Crippen LogP contribution in [0.25, 0.3) is 0 Å². The van der Waals surface area contributed by atoms with Crippen LogP contribution in [0.2, 0.25) is 0 Å². The number of likely N-dealkylation sites (N-methyl/N-ethyl adjacent to an activating group) is 1. The third-order valence-electron chi connectivity index (χ3n) is 10.9. The number of piperidine rings is 1. The van der Waals surface area contributed by atoms with Crippen molar-refractivity contribution in [1.29, 1.82) is 0 Å². The second-order valence-electron chi connectivity index (χ2n) is 13.3. The van der Waals surface area contributed by atoms with Gasteiger partial charge in [-0.15, -0.1) is 0 Å². The van der Waals surface area contributed by atoms with E-state index in [2.05, 4.69) is 47.9 Å². The summed E-state index contributed by atoms with van der Waals surface area (Å²) in [5.74, 6) is 6.47. The smallest absolute Gasteiger partial charge is 0.308 e. The molecule has 5 atom stereocenters. The summed E-state index contributed by atoms with van der Waals surface area (Å²) < 4.78 is 12.5. The Morgan fingerprint density at radius 1 is 1.11 bits per heavy atom. The number of aryl methyl sites for hydroxylation is 2. The Morgan fingerprint density at radius 2 is 1.91 bits per heavy atom. The van der Waals surface area contributed by atoms with Crippen molar-refractivity contribution in [1.82, 2.24) is 9.80 Å². The molecule has 2 bridgehead atoms. The number of phenolic OH excluding ortho intramolecular Hbond substituents is 1. The van der Waals surface area contributed by atoms with Crippen molar-refractivity contribution in [2.24, 2.45) is 5.92 Å². The molecular formula is C38H40N2O5. The number of nitrogens with zero attached hydrogens (tertiary/aromatic N) is 2. The number of carbonyl (C=O) groups excluding carboxylic acids is 2. The second kappa shape index (κ2) is 11.3. The summed E-state index contributed by atoms with van der Waals surface area (Å²) >= 11 is 0. The van der Waals surface area contributed by atoms with Gasteiger partial charge in [0.25, 0.3) is 5.91 Å². The number of hydrogen-bond donors (Lipinski definition) is 1. The standard InChI is InChI=1S/C38H40N2O5/c1-23-10-11-27(20-24(23)2)12-15-34(43)39(4)30-14-13-29-31-21-28-33(44-25(3)41)22-32(42)36-35(28)38(29,37(30)45-36)17-19-40(31)18-16-26-8-6-5-7-9-26/h5-11,20,22,29-31,37,42H,13-14,16-19,21H2,1-4H3/t29-,30+,31+,37-,38-/m0/s1. The fourth-order valence-corrected chi connectivity index (χ4v) is 8.67. The highest BCUT2D eigenvalue weighted by Crippen LogP contribution is 2.65. The summed E-state index contributed by atoms with van der Waals surface area (Å²) in [5, 5.41) is 11.2. The average Bonchev–Trinajstić information content (AvgIpc) is 3.37. The van der Waals surface area contributed by atoms with E-state index in [1.807, 2.05) is 38.2 Å². The van der Waals surface area contributed by atoms with Crippen LogP contribution in [0.3, 0.4) is 0 Å². The zero-order valence-electron chi connectivity index (χ0n) is 26.4. The van der Waals surface area contributed by atoms with Gasteiger partial charge in [-0.3, -0.25) is 14.5 Å². The topological polar surface area (TPSA) is 79.3 Å². The lowest BCUT2D eigenvalue weighted by Crippen LogP contribution is -2.69. The van der Waals surface area contributed by atoms with Gasteiger partial charge in [0, 0.05) is 60.7 Å². The third-order valence-corrected chi connectivity index (χ3v) is 10.9. The lowest BCUT2D eigenvalue weighted by molar-refractivity contribution is -0.135. The highest BCUT2D eigenvalue weighted by atomic mass is 16.5. The maximum atomic E-state index is 13.6. The third kappa shape index (κ3) is 4.87. The van der Waals surface area contributed by atoms with Gasteiger partial charge < -0.3 is 19.5 Å². The van der Waals surface area contributed by atoms with Crippen LogP contribution in [0.15, 0.2) is 54.6 Å². The molecule has 0 radical (unpaired) electrons. The van der Waals surface area contributed by atoms with Crippen LogP contribution in [0, 0.1) is 31.6 Å². The number of likely N-dealkylation sites (tertiary alicyclic amines) is 1. The molecule has 7 heteroatoms. The molecule has 3 aromatic rings. The summed E-state index contributed by atoms with van der Waals surface area (Å²) in [6.45, 7) is 7.32. The van der Waals surface area contributed by atoms with Crippen LogP contribution in [0.4, 0.5) is 0 Å². The molecule has 1 N–H and O–H groups in total. The van der Waals surface area contributed by atoms with E-state index in [0.717, 1.165) is 67.4 Å². The summed E-state index contributed by atoms with van der Waals surface area (Å²) in [4.78, 5) is 30.1. The van der Waals surface area contributed by atoms with Crippen molar-refractivity contribution in [2.75, 3.05) is 20.1 Å². The van der Waals surface area contributed by atoms with E-state index < -0.39 is 11.4 Å². The first-order valence-electron chi connectivity index (χ1n) is 16.1. The summed E-state index contributed by atoms with van der Waals surface area (Å²) in [6, 6.07) is 18.1. The highest BCUT2D eigenvalue weighted by molar-refractivity contribution is 5.94. The number of benzene rings is 3. The fourth-order valence-electron chi connectivity index (χ4n) is 8.67. The van der Waals surface area contributed by atoms with Crippen LogP contribution in [0.1, 0.15) is 59.6 Å². The van der Waals surface area contributed by atoms with Crippen molar-refractivity contribution < 1.29 is 24.2 Å². The largest absolute Gasteiger partial charge is 0.504 e. The van der Waals surface area contributed by atoms with Gasteiger partial charge in [-0.25, -0.2) is 0 Å². The minimum absolute atomic E-state index is 0.0141. The lowest BCUT2D eigenvalue weighted by atomic mass is 9.50. The molecule has 2 fully saturated rings. The molecule has 7 nitrogen and oxygen atoms in total. The SMILES string of the molecule is CC(=O)Oc1cc(O)c2c3c1C[C@@H]1[C@@H]4CC[C@@H](N(C)C(=O)C#Cc5ccc(C)c(C)c5)[C@H](O2)[C@]34CCN1CCc1ccccc1. The summed E-state index contributed by atoms with van der Waals surface area (Å²) in [6.07, 6.45) is 3.90. The average molecular weight is 605 g/mol. The van der Waals surface area contributed by atoms with Crippen LogP contribution in [-0.2, 0) is 27.8 Å². The summed E-state index contributed by atoms with van der Waals surface area (Å²) in [7, 11) is 1.83. The number of amides is 1. The highest BCUT2D eigenvalue weighted by Gasteiger charge is 2.67. The van der Waals surface area contributed by atoms with E-state index in [1.165, 1.54) is 24.1 Å². The van der Waals surface area contributed by atoms with Gasteiger partial charge in [-0.05, 0) is 87.2 Å². The molecule has 1 saturated heterocycles. The normalized spacial score (nSPS) is 25.8. The fraction of sp³-hybridized carbons (Fsp3) is 0.421. The van der Waals surface area contributed by atoms with Crippen molar-refractivity contribution in [2.45, 2.75) is 76.5 Å². The summed E-state index contributed by atoms with van der Waals surface area (Å²) in [5.41, 5.74) is 6.00. The first kappa shape index (κ1) is 29.4. The monoisotopic (exact) mass is 604 g/mol. The van der Waals surface area contributed by atoms with E-state index in [0.29, 0.717) is 11.5 Å². The maximum absolute atomic E-state index is 13.6. The molecule has 3 aromatic carbocycles. The molecule has 0 unspecified atom stereocenters. The van der Waals surface area contributed by atoms with Gasteiger partial charge in [0.05, 0.1) is 6.04 Å². The Hall–Kier alpha value is -4.28. The zero-order valence-corrected chi connectivity index (χ0v) is 26.4. The quantitative estimate of drug-likeness (QED) is 0.248. The number of ether oxygens (including phenoxy) is 2. The predicted molar refractivity (Wildman–Crippen MR) is 171 cm³/mol. The number of aromatic hydroxyl groups is 1. The van der Waals surface area contributed by atoms with E-state index in [4.69, 9.17) is 9.47 Å². The van der Waals surface area contributed by atoms with Crippen molar-refractivity contribution in [3.63, 3.8) is 0 Å². The molecule has 2 aliphatic heterocycles. The van der Waals surface area contributed by atoms with Gasteiger partial charge in [0.15, 0.2) is 11.5 Å². The van der Waals surface area contributed by atoms with Crippen LogP contribution < -0.4 is 9.47 Å². The molecule has 2 aliphatic carbocycles. The van der Waals surface area contributed by atoms with Gasteiger partial charge >= 0.3 is 5.97 Å². The Labute approximate surface area is 265 Å². The molecule has 4 aliphatic rings. The Balaban J connectivity index is 1.24. The van der Waals surface area contributed by atoms with Crippen LogP contribution in [0.5, 0.6) is 17.2 Å². The first-order valence-corrected chi connectivity index (χ1v) is 16.1. The minimum atomic E-state index is -0.416. The van der Waals surface area contributed by atoms with Crippen LogP contribution >= 0.6 is 0 Å². The zero-order chi connectivity index (χ0) is 31.5. The number of phenols is 1. The second-order valence-corrected chi connectivity index (χ2v) is 13.3. The molecule has 1 amide bonds. The number of rotatable bonds is 5. The maximum Gasteiger partial charge on any atom is 0.308 e. The molecule has 232 valence electrons. The van der Waals surface area contributed by atoms with E-state index >= 15 is 0 Å². The van der Waals surface area contributed by atoms with Gasteiger partial charge in [0.1, 0.15) is 11.9 Å². The molecule has 1 saturated carbocycles. The molecule has 1 spiro atoms. The number of esters is 1. The Bertz CT molecular complexity index is 1740. The van der Waals surface area contributed by atoms with E-state index in [9.17, 15) is 14.7 Å². The van der Waals surface area contributed by atoms with Crippen molar-refractivity contribution >= 4 is 11.9 Å². The van der Waals surface area contributed by atoms with E-state index in [-0.39, 0.29) is 35.8 Å². The number of carbonyl (C=O) groups is 2. The van der Waals surface area contributed by atoms with Crippen molar-refractivity contribution in [3.05, 3.63) is 88.0 Å². The predicted octanol–water partition coefficient (Wildman–Crippen LogP) is 5.09. The molecular weight excluding hydrogens is 564 g/mol. The lowest BCUT2D eigenvalue weighted by Gasteiger charge is -2.60. The first-order chi connectivity index (χ1) is 21.7. The Morgan fingerprint density at radius 3 is 2.67 bits per heavy atom.